The highest BCUT2D eigenvalue weighted by Gasteiger charge is 2.32. The van der Waals surface area contributed by atoms with Crippen molar-refractivity contribution in [2.24, 2.45) is 0 Å². The van der Waals surface area contributed by atoms with E-state index in [1.807, 2.05) is 31.2 Å². The van der Waals surface area contributed by atoms with E-state index in [2.05, 4.69) is 15.4 Å². The SMILES string of the molecule is CCOc1ccc(-c2ccnc3c(C(=O)NCc4ccccc4C(F)(F)F)cnn23)cc1. The summed E-state index contributed by atoms with van der Waals surface area (Å²) in [6, 6.07) is 14.3. The number of aromatic nitrogens is 3. The van der Waals surface area contributed by atoms with Crippen molar-refractivity contribution in [1.82, 2.24) is 19.9 Å². The van der Waals surface area contributed by atoms with Crippen LogP contribution in [0, 0.1) is 0 Å². The average Bonchev–Trinajstić information content (AvgIpc) is 3.22. The largest absolute Gasteiger partial charge is 0.494 e. The second-order valence-corrected chi connectivity index (χ2v) is 6.92. The van der Waals surface area contributed by atoms with Crippen molar-refractivity contribution in [2.75, 3.05) is 6.61 Å². The summed E-state index contributed by atoms with van der Waals surface area (Å²) in [6.07, 6.45) is -1.59. The fraction of sp³-hybridized carbons (Fsp3) is 0.174. The molecule has 164 valence electrons. The van der Waals surface area contributed by atoms with Crippen LogP contribution < -0.4 is 10.1 Å². The Bertz CT molecular complexity index is 1250. The minimum Gasteiger partial charge on any atom is -0.494 e. The van der Waals surface area contributed by atoms with Gasteiger partial charge < -0.3 is 10.1 Å². The Labute approximate surface area is 181 Å². The van der Waals surface area contributed by atoms with Gasteiger partial charge in [-0.1, -0.05) is 18.2 Å². The van der Waals surface area contributed by atoms with E-state index < -0.39 is 17.6 Å². The predicted molar refractivity (Wildman–Crippen MR) is 112 cm³/mol. The van der Waals surface area contributed by atoms with Gasteiger partial charge >= 0.3 is 6.18 Å². The molecule has 2 heterocycles. The molecule has 2 aromatic heterocycles. The Kier molecular flexibility index (Phi) is 5.81. The molecule has 0 aliphatic heterocycles. The number of halogens is 3. The molecule has 0 saturated heterocycles. The number of carbonyl (C=O) groups is 1. The van der Waals surface area contributed by atoms with Crippen LogP contribution in [0.1, 0.15) is 28.4 Å². The lowest BCUT2D eigenvalue weighted by atomic mass is 10.1. The summed E-state index contributed by atoms with van der Waals surface area (Å²) in [7, 11) is 0. The highest BCUT2D eigenvalue weighted by Crippen LogP contribution is 2.31. The van der Waals surface area contributed by atoms with Crippen LogP contribution in [0.3, 0.4) is 0 Å². The van der Waals surface area contributed by atoms with Gasteiger partial charge in [0, 0.05) is 18.3 Å². The molecule has 9 heteroatoms. The Morgan fingerprint density at radius 3 is 2.56 bits per heavy atom. The normalized spacial score (nSPS) is 11.5. The van der Waals surface area contributed by atoms with Crippen molar-refractivity contribution in [3.05, 3.63) is 83.7 Å². The highest BCUT2D eigenvalue weighted by atomic mass is 19.4. The van der Waals surface area contributed by atoms with Crippen molar-refractivity contribution in [1.29, 1.82) is 0 Å². The molecular weight excluding hydrogens is 421 g/mol. The molecule has 6 nitrogen and oxygen atoms in total. The summed E-state index contributed by atoms with van der Waals surface area (Å²) < 4.78 is 46.5. The van der Waals surface area contributed by atoms with Crippen molar-refractivity contribution < 1.29 is 22.7 Å². The van der Waals surface area contributed by atoms with E-state index in [4.69, 9.17) is 4.74 Å². The maximum absolute atomic E-state index is 13.2. The van der Waals surface area contributed by atoms with Crippen LogP contribution in [0.25, 0.3) is 16.9 Å². The first-order valence-electron chi connectivity index (χ1n) is 9.87. The molecule has 1 amide bonds. The number of nitrogens with one attached hydrogen (secondary N) is 1. The van der Waals surface area contributed by atoms with E-state index in [0.29, 0.717) is 17.9 Å². The Balaban J connectivity index is 1.58. The lowest BCUT2D eigenvalue weighted by Gasteiger charge is -2.13. The lowest BCUT2D eigenvalue weighted by molar-refractivity contribution is -0.138. The monoisotopic (exact) mass is 440 g/mol. The van der Waals surface area contributed by atoms with Crippen LogP contribution in [0.2, 0.25) is 0 Å². The van der Waals surface area contributed by atoms with E-state index >= 15 is 0 Å². The molecule has 32 heavy (non-hydrogen) atoms. The standard InChI is InChI=1S/C23H19F3N4O2/c1-2-32-17-9-7-15(8-10-17)20-11-12-27-21-18(14-29-30(20)21)22(31)28-13-16-5-3-4-6-19(16)23(24,25)26/h3-12,14H,2,13H2,1H3,(H,28,31). The number of alkyl halides is 3. The summed E-state index contributed by atoms with van der Waals surface area (Å²) in [4.78, 5) is 17.0. The number of hydrogen-bond acceptors (Lipinski definition) is 4. The van der Waals surface area contributed by atoms with Gasteiger partial charge in [0.1, 0.15) is 11.3 Å². The second kappa shape index (κ2) is 8.70. The quantitative estimate of drug-likeness (QED) is 0.470. The van der Waals surface area contributed by atoms with Crippen LogP contribution in [0.5, 0.6) is 5.75 Å². The van der Waals surface area contributed by atoms with Gasteiger partial charge in [0.25, 0.3) is 5.91 Å². The van der Waals surface area contributed by atoms with Crippen molar-refractivity contribution >= 4 is 11.6 Å². The molecule has 0 saturated carbocycles. The average molecular weight is 440 g/mol. The van der Waals surface area contributed by atoms with E-state index in [0.717, 1.165) is 17.4 Å². The third kappa shape index (κ3) is 4.27. The van der Waals surface area contributed by atoms with Crippen molar-refractivity contribution in [3.8, 4) is 17.0 Å². The number of ether oxygens (including phenoxy) is 1. The van der Waals surface area contributed by atoms with Gasteiger partial charge in [-0.2, -0.15) is 18.3 Å². The molecule has 0 atom stereocenters. The number of fused-ring (bicyclic) bond motifs is 1. The van der Waals surface area contributed by atoms with Gasteiger partial charge in [-0.15, -0.1) is 0 Å². The number of amides is 1. The zero-order valence-electron chi connectivity index (χ0n) is 17.1. The molecule has 4 aromatic rings. The summed E-state index contributed by atoms with van der Waals surface area (Å²) in [5, 5.41) is 6.81. The number of hydrogen-bond donors (Lipinski definition) is 1. The first kappa shape index (κ1) is 21.4. The molecule has 0 unspecified atom stereocenters. The van der Waals surface area contributed by atoms with Gasteiger partial charge in [0.05, 0.1) is 24.1 Å². The van der Waals surface area contributed by atoms with Gasteiger partial charge in [-0.05, 0) is 48.9 Å². The third-order valence-corrected chi connectivity index (χ3v) is 4.87. The van der Waals surface area contributed by atoms with E-state index in [1.165, 1.54) is 28.9 Å². The van der Waals surface area contributed by atoms with Crippen molar-refractivity contribution in [3.63, 3.8) is 0 Å². The Morgan fingerprint density at radius 1 is 1.09 bits per heavy atom. The topological polar surface area (TPSA) is 68.5 Å². The number of benzene rings is 2. The number of carbonyl (C=O) groups excluding carboxylic acids is 1. The molecule has 0 radical (unpaired) electrons. The molecule has 0 aliphatic rings. The molecule has 2 aromatic carbocycles. The third-order valence-electron chi connectivity index (χ3n) is 4.87. The Morgan fingerprint density at radius 2 is 1.84 bits per heavy atom. The lowest BCUT2D eigenvalue weighted by Crippen LogP contribution is -2.24. The molecule has 4 rings (SSSR count). The van der Waals surface area contributed by atoms with Gasteiger partial charge in [0.2, 0.25) is 0 Å². The molecule has 0 bridgehead atoms. The van der Waals surface area contributed by atoms with Crippen LogP contribution >= 0.6 is 0 Å². The van der Waals surface area contributed by atoms with Crippen LogP contribution in [-0.2, 0) is 12.7 Å². The second-order valence-electron chi connectivity index (χ2n) is 6.92. The van der Waals surface area contributed by atoms with Crippen LogP contribution in [0.15, 0.2) is 67.0 Å². The number of nitrogens with zero attached hydrogens (tertiary/aromatic N) is 3. The maximum atomic E-state index is 13.2. The summed E-state index contributed by atoms with van der Waals surface area (Å²) in [5.74, 6) is 0.176. The minimum absolute atomic E-state index is 0.0205. The van der Waals surface area contributed by atoms with Crippen LogP contribution in [-0.4, -0.2) is 27.1 Å². The van der Waals surface area contributed by atoms with E-state index in [9.17, 15) is 18.0 Å². The van der Waals surface area contributed by atoms with Gasteiger partial charge in [0.15, 0.2) is 5.65 Å². The van der Waals surface area contributed by atoms with Gasteiger partial charge in [-0.3, -0.25) is 4.79 Å². The first-order chi connectivity index (χ1) is 15.4. The van der Waals surface area contributed by atoms with E-state index in [-0.39, 0.29) is 17.7 Å². The summed E-state index contributed by atoms with van der Waals surface area (Å²) in [6.45, 7) is 2.19. The number of rotatable bonds is 6. The highest BCUT2D eigenvalue weighted by molar-refractivity contribution is 5.99. The van der Waals surface area contributed by atoms with Crippen molar-refractivity contribution in [2.45, 2.75) is 19.6 Å². The molecule has 0 spiro atoms. The zero-order chi connectivity index (χ0) is 22.7. The first-order valence-corrected chi connectivity index (χ1v) is 9.87. The molecule has 0 fully saturated rings. The maximum Gasteiger partial charge on any atom is 0.416 e. The van der Waals surface area contributed by atoms with Gasteiger partial charge in [-0.25, -0.2) is 9.50 Å². The zero-order valence-corrected chi connectivity index (χ0v) is 17.1. The summed E-state index contributed by atoms with van der Waals surface area (Å²) in [5.41, 5.74) is 1.22. The molecular formula is C23H19F3N4O2. The summed E-state index contributed by atoms with van der Waals surface area (Å²) >= 11 is 0. The van der Waals surface area contributed by atoms with Crippen LogP contribution in [0.4, 0.5) is 13.2 Å². The van der Waals surface area contributed by atoms with E-state index in [1.54, 1.807) is 12.3 Å². The Hall–Kier alpha value is -3.88. The predicted octanol–water partition coefficient (Wildman–Crippen LogP) is 4.74. The fourth-order valence-corrected chi connectivity index (χ4v) is 3.38. The smallest absolute Gasteiger partial charge is 0.416 e. The molecule has 1 N–H and O–H groups in total. The fourth-order valence-electron chi connectivity index (χ4n) is 3.38. The molecule has 0 aliphatic carbocycles. The minimum atomic E-state index is -4.50.